The van der Waals surface area contributed by atoms with Crippen LogP contribution in [0.5, 0.6) is 6.01 Å². The van der Waals surface area contributed by atoms with E-state index >= 15 is 0 Å². The molecule has 2 rings (SSSR count). The van der Waals surface area contributed by atoms with E-state index in [1.165, 1.54) is 13.5 Å². The highest BCUT2D eigenvalue weighted by atomic mass is 16.5. The van der Waals surface area contributed by atoms with Crippen molar-refractivity contribution in [3.05, 3.63) is 0 Å². The number of nitrogens with one attached hydrogen (secondary N) is 2. The van der Waals surface area contributed by atoms with Crippen LogP contribution >= 0.6 is 0 Å². The molecule has 1 unspecified atom stereocenters. The molecule has 2 heterocycles. The molecule has 0 bridgehead atoms. The highest BCUT2D eigenvalue weighted by Crippen LogP contribution is 2.15. The first-order valence-electron chi connectivity index (χ1n) is 6.11. The maximum atomic E-state index is 5.43. The van der Waals surface area contributed by atoms with Crippen LogP contribution in [0.4, 0.5) is 11.9 Å². The first kappa shape index (κ1) is 12.8. The molecular weight excluding hydrogens is 234 g/mol. The van der Waals surface area contributed by atoms with E-state index in [0.29, 0.717) is 23.8 Å². The Hall–Kier alpha value is -1.63. The quantitative estimate of drug-likeness (QED) is 0.801. The van der Waals surface area contributed by atoms with Gasteiger partial charge in [0, 0.05) is 20.2 Å². The lowest BCUT2D eigenvalue weighted by molar-refractivity contribution is 0.0594. The van der Waals surface area contributed by atoms with E-state index in [2.05, 4.69) is 25.6 Å². The SMILES string of the molecule is CNc1nc(NCC2CCCOC2)nc(OC)n1. The summed E-state index contributed by atoms with van der Waals surface area (Å²) in [5, 5.41) is 6.07. The summed E-state index contributed by atoms with van der Waals surface area (Å²) in [6.07, 6.45) is 2.29. The fourth-order valence-electron chi connectivity index (χ4n) is 1.84. The second-order valence-electron chi connectivity index (χ2n) is 4.18. The van der Waals surface area contributed by atoms with Crippen LogP contribution in [0.25, 0.3) is 0 Å². The summed E-state index contributed by atoms with van der Waals surface area (Å²) in [5.41, 5.74) is 0. The maximum Gasteiger partial charge on any atom is 0.322 e. The molecule has 0 amide bonds. The van der Waals surface area contributed by atoms with Crippen LogP contribution in [0.3, 0.4) is 0 Å². The molecule has 0 spiro atoms. The standard InChI is InChI=1S/C11H19N5O2/c1-12-9-14-10(16-11(15-9)17-2)13-6-8-4-3-5-18-7-8/h8H,3-7H2,1-2H3,(H2,12,13,14,15,16). The van der Waals surface area contributed by atoms with Crippen molar-refractivity contribution in [1.29, 1.82) is 0 Å². The normalized spacial score (nSPS) is 19.3. The van der Waals surface area contributed by atoms with Gasteiger partial charge in [0.2, 0.25) is 11.9 Å². The number of ether oxygens (including phenoxy) is 2. The number of anilines is 2. The third-order valence-electron chi connectivity index (χ3n) is 2.82. The predicted molar refractivity (Wildman–Crippen MR) is 68.0 cm³/mol. The summed E-state index contributed by atoms with van der Waals surface area (Å²) in [6.45, 7) is 2.48. The number of nitrogens with zero attached hydrogens (tertiary/aromatic N) is 3. The highest BCUT2D eigenvalue weighted by Gasteiger charge is 2.14. The zero-order valence-electron chi connectivity index (χ0n) is 10.8. The fourth-order valence-corrected chi connectivity index (χ4v) is 1.84. The van der Waals surface area contributed by atoms with Gasteiger partial charge in [0.1, 0.15) is 0 Å². The van der Waals surface area contributed by atoms with Crippen LogP contribution in [0.15, 0.2) is 0 Å². The van der Waals surface area contributed by atoms with Crippen molar-refractivity contribution in [3.63, 3.8) is 0 Å². The molecular formula is C11H19N5O2. The second kappa shape index (κ2) is 6.34. The molecule has 0 aliphatic carbocycles. The first-order chi connectivity index (χ1) is 8.81. The predicted octanol–water partition coefficient (Wildman–Crippen LogP) is 0.760. The van der Waals surface area contributed by atoms with E-state index in [0.717, 1.165) is 26.2 Å². The molecule has 1 aliphatic rings. The van der Waals surface area contributed by atoms with Crippen molar-refractivity contribution >= 4 is 11.9 Å². The van der Waals surface area contributed by atoms with Crippen LogP contribution in [-0.4, -0.2) is 48.9 Å². The molecule has 1 aromatic rings. The Kier molecular flexibility index (Phi) is 4.52. The van der Waals surface area contributed by atoms with E-state index in [1.807, 2.05) is 0 Å². The topological polar surface area (TPSA) is 81.2 Å². The Bertz CT molecular complexity index is 359. The Morgan fingerprint density at radius 3 is 2.83 bits per heavy atom. The summed E-state index contributed by atoms with van der Waals surface area (Å²) in [7, 11) is 3.29. The van der Waals surface area contributed by atoms with Crippen molar-refractivity contribution in [2.24, 2.45) is 5.92 Å². The fraction of sp³-hybridized carbons (Fsp3) is 0.727. The molecule has 0 aromatic carbocycles. The maximum absolute atomic E-state index is 5.43. The van der Waals surface area contributed by atoms with Gasteiger partial charge >= 0.3 is 6.01 Å². The molecule has 2 N–H and O–H groups in total. The van der Waals surface area contributed by atoms with Gasteiger partial charge in [0.05, 0.1) is 13.7 Å². The molecule has 0 radical (unpaired) electrons. The lowest BCUT2D eigenvalue weighted by Crippen LogP contribution is -2.25. The van der Waals surface area contributed by atoms with Gasteiger partial charge in [-0.3, -0.25) is 0 Å². The van der Waals surface area contributed by atoms with Crippen molar-refractivity contribution in [1.82, 2.24) is 15.0 Å². The van der Waals surface area contributed by atoms with Gasteiger partial charge in [-0.15, -0.1) is 0 Å². The molecule has 1 atom stereocenters. The third-order valence-corrected chi connectivity index (χ3v) is 2.82. The summed E-state index contributed by atoms with van der Waals surface area (Å²) in [6, 6.07) is 0.303. The molecule has 7 heteroatoms. The monoisotopic (exact) mass is 253 g/mol. The lowest BCUT2D eigenvalue weighted by atomic mass is 10.0. The average Bonchev–Trinajstić information content (AvgIpc) is 2.45. The molecule has 0 saturated carbocycles. The van der Waals surface area contributed by atoms with E-state index < -0.39 is 0 Å². The largest absolute Gasteiger partial charge is 0.467 e. The van der Waals surface area contributed by atoms with Crippen LogP contribution in [0.2, 0.25) is 0 Å². The van der Waals surface area contributed by atoms with Crippen molar-refractivity contribution in [2.75, 3.05) is 44.5 Å². The van der Waals surface area contributed by atoms with Crippen molar-refractivity contribution in [3.8, 4) is 6.01 Å². The van der Waals surface area contributed by atoms with Gasteiger partial charge in [0.25, 0.3) is 0 Å². The number of methoxy groups -OCH3 is 1. The van der Waals surface area contributed by atoms with Gasteiger partial charge in [-0.2, -0.15) is 15.0 Å². The Labute approximate surface area is 106 Å². The van der Waals surface area contributed by atoms with Gasteiger partial charge in [-0.1, -0.05) is 0 Å². The van der Waals surface area contributed by atoms with E-state index in [-0.39, 0.29) is 0 Å². The molecule has 1 saturated heterocycles. The molecule has 1 fully saturated rings. The zero-order chi connectivity index (χ0) is 12.8. The van der Waals surface area contributed by atoms with Crippen LogP contribution < -0.4 is 15.4 Å². The summed E-state index contributed by atoms with van der Waals surface area (Å²) < 4.78 is 10.5. The molecule has 1 aromatic heterocycles. The number of rotatable bonds is 5. The summed E-state index contributed by atoms with van der Waals surface area (Å²) >= 11 is 0. The molecule has 100 valence electrons. The van der Waals surface area contributed by atoms with Crippen LogP contribution in [-0.2, 0) is 4.74 Å². The zero-order valence-corrected chi connectivity index (χ0v) is 10.8. The van der Waals surface area contributed by atoms with Gasteiger partial charge in [0.15, 0.2) is 0 Å². The minimum Gasteiger partial charge on any atom is -0.467 e. The Balaban J connectivity index is 1.94. The Morgan fingerprint density at radius 2 is 2.17 bits per heavy atom. The van der Waals surface area contributed by atoms with Gasteiger partial charge in [-0.05, 0) is 18.8 Å². The first-order valence-corrected chi connectivity index (χ1v) is 6.11. The van der Waals surface area contributed by atoms with Crippen LogP contribution in [0, 0.1) is 5.92 Å². The minimum atomic E-state index is 0.303. The molecule has 18 heavy (non-hydrogen) atoms. The lowest BCUT2D eigenvalue weighted by Gasteiger charge is -2.22. The third kappa shape index (κ3) is 3.43. The van der Waals surface area contributed by atoms with E-state index in [4.69, 9.17) is 9.47 Å². The summed E-state index contributed by atoms with van der Waals surface area (Å²) in [5.74, 6) is 1.53. The van der Waals surface area contributed by atoms with Crippen molar-refractivity contribution < 1.29 is 9.47 Å². The number of hydrogen-bond donors (Lipinski definition) is 2. The second-order valence-corrected chi connectivity index (χ2v) is 4.18. The van der Waals surface area contributed by atoms with Gasteiger partial charge < -0.3 is 20.1 Å². The average molecular weight is 253 g/mol. The van der Waals surface area contributed by atoms with Gasteiger partial charge in [-0.25, -0.2) is 0 Å². The number of aromatic nitrogens is 3. The highest BCUT2D eigenvalue weighted by molar-refractivity contribution is 5.35. The van der Waals surface area contributed by atoms with E-state index in [9.17, 15) is 0 Å². The molecule has 7 nitrogen and oxygen atoms in total. The summed E-state index contributed by atoms with van der Waals surface area (Å²) in [4.78, 5) is 12.4. The smallest absolute Gasteiger partial charge is 0.322 e. The minimum absolute atomic E-state index is 0.303. The van der Waals surface area contributed by atoms with Crippen molar-refractivity contribution in [2.45, 2.75) is 12.8 Å². The number of hydrogen-bond acceptors (Lipinski definition) is 7. The van der Waals surface area contributed by atoms with Crippen LogP contribution in [0.1, 0.15) is 12.8 Å². The molecule has 1 aliphatic heterocycles. The Morgan fingerprint density at radius 1 is 1.33 bits per heavy atom. The van der Waals surface area contributed by atoms with E-state index in [1.54, 1.807) is 7.05 Å².